The fourth-order valence-electron chi connectivity index (χ4n) is 4.08. The highest BCUT2D eigenvalue weighted by molar-refractivity contribution is 5.79. The minimum Gasteiger partial charge on any atom is -0.381 e. The Balaban J connectivity index is 1.30. The molecule has 0 spiro atoms. The summed E-state index contributed by atoms with van der Waals surface area (Å²) >= 11 is 0. The van der Waals surface area contributed by atoms with Gasteiger partial charge in [0.15, 0.2) is 5.96 Å². The van der Waals surface area contributed by atoms with Crippen LogP contribution in [0.5, 0.6) is 0 Å². The first-order chi connectivity index (χ1) is 15.2. The molecule has 1 atom stereocenters. The molecule has 7 heteroatoms. The van der Waals surface area contributed by atoms with Crippen molar-refractivity contribution in [2.75, 3.05) is 59.7 Å². The van der Waals surface area contributed by atoms with Gasteiger partial charge in [0.05, 0.1) is 12.7 Å². The van der Waals surface area contributed by atoms with Crippen molar-refractivity contribution in [1.29, 1.82) is 0 Å². The smallest absolute Gasteiger partial charge is 0.191 e. The number of hydrogen-bond acceptors (Lipinski definition) is 5. The van der Waals surface area contributed by atoms with Gasteiger partial charge in [-0.15, -0.1) is 0 Å². The van der Waals surface area contributed by atoms with E-state index in [9.17, 15) is 0 Å². The molecule has 0 bridgehead atoms. The second kappa shape index (κ2) is 13.7. The number of rotatable bonds is 10. The van der Waals surface area contributed by atoms with E-state index in [1.165, 1.54) is 11.1 Å². The summed E-state index contributed by atoms with van der Waals surface area (Å²) in [6.45, 7) is 11.0. The van der Waals surface area contributed by atoms with E-state index < -0.39 is 0 Å². The highest BCUT2D eigenvalue weighted by Gasteiger charge is 2.16. The molecule has 7 nitrogen and oxygen atoms in total. The quantitative estimate of drug-likeness (QED) is 0.336. The molecule has 0 aliphatic carbocycles. The maximum atomic E-state index is 5.83. The normalized spacial score (nSPS) is 21.2. The first-order valence-electron chi connectivity index (χ1n) is 11.7. The van der Waals surface area contributed by atoms with Crippen molar-refractivity contribution >= 4 is 5.96 Å². The maximum absolute atomic E-state index is 5.83. The van der Waals surface area contributed by atoms with Gasteiger partial charge in [0, 0.05) is 66.2 Å². The lowest BCUT2D eigenvalue weighted by Gasteiger charge is -2.31. The molecule has 1 unspecified atom stereocenters. The topological polar surface area (TPSA) is 67.4 Å². The molecule has 2 saturated heterocycles. The van der Waals surface area contributed by atoms with Gasteiger partial charge in [-0.2, -0.15) is 0 Å². The number of aliphatic imine (C=N–C) groups is 1. The Morgan fingerprint density at radius 3 is 2.84 bits per heavy atom. The lowest BCUT2D eigenvalue weighted by Crippen LogP contribution is -2.40. The number of guanidine groups is 1. The van der Waals surface area contributed by atoms with E-state index in [0.29, 0.717) is 12.0 Å². The third-order valence-electron chi connectivity index (χ3n) is 5.86. The summed E-state index contributed by atoms with van der Waals surface area (Å²) in [5, 5.41) is 6.80. The van der Waals surface area contributed by atoms with Crippen LogP contribution in [-0.4, -0.2) is 76.7 Å². The number of ether oxygens (including phenoxy) is 3. The summed E-state index contributed by atoms with van der Waals surface area (Å²) in [4.78, 5) is 6.80. The van der Waals surface area contributed by atoms with E-state index in [-0.39, 0.29) is 0 Å². The van der Waals surface area contributed by atoms with E-state index >= 15 is 0 Å². The molecule has 2 aliphatic rings. The van der Waals surface area contributed by atoms with Gasteiger partial charge in [-0.3, -0.25) is 9.89 Å². The molecule has 2 N–H and O–H groups in total. The molecule has 0 amide bonds. The van der Waals surface area contributed by atoms with E-state index in [0.717, 1.165) is 91.0 Å². The molecule has 31 heavy (non-hydrogen) atoms. The van der Waals surface area contributed by atoms with Crippen molar-refractivity contribution in [3.05, 3.63) is 35.4 Å². The van der Waals surface area contributed by atoms with Gasteiger partial charge in [-0.1, -0.05) is 24.3 Å². The molecular weight excluding hydrogens is 392 g/mol. The van der Waals surface area contributed by atoms with Crippen molar-refractivity contribution in [2.24, 2.45) is 10.9 Å². The van der Waals surface area contributed by atoms with E-state index in [4.69, 9.17) is 14.2 Å². The second-order valence-electron chi connectivity index (χ2n) is 8.57. The molecule has 0 aromatic heterocycles. The molecule has 2 heterocycles. The number of nitrogens with one attached hydrogen (secondary N) is 2. The summed E-state index contributed by atoms with van der Waals surface area (Å²) in [5.74, 6) is 1.50. The Bertz CT molecular complexity index is 664. The predicted octanol–water partition coefficient (Wildman–Crippen LogP) is 2.41. The largest absolute Gasteiger partial charge is 0.381 e. The lowest BCUT2D eigenvalue weighted by atomic mass is 10.0. The predicted molar refractivity (Wildman–Crippen MR) is 124 cm³/mol. The van der Waals surface area contributed by atoms with Crippen LogP contribution in [0.1, 0.15) is 37.3 Å². The zero-order valence-electron chi connectivity index (χ0n) is 19.3. The Hall–Kier alpha value is -1.67. The molecule has 1 aromatic rings. The number of benzene rings is 1. The van der Waals surface area contributed by atoms with Crippen LogP contribution >= 0.6 is 0 Å². The first kappa shape index (κ1) is 24.0. The fourth-order valence-corrected chi connectivity index (χ4v) is 4.08. The van der Waals surface area contributed by atoms with Crippen LogP contribution in [0.3, 0.4) is 0 Å². The van der Waals surface area contributed by atoms with Crippen LogP contribution in [0, 0.1) is 5.92 Å². The standard InChI is InChI=1S/C24H40N4O3/c1-20-17-28(10-14-31-20)18-23-6-3-5-22(15-23)16-27-24(25-2)26-9-4-11-30-19-21-7-12-29-13-8-21/h3,5-6,15,20-21H,4,7-14,16-19H2,1-2H3,(H2,25,26,27). The minimum absolute atomic E-state index is 0.320. The summed E-state index contributed by atoms with van der Waals surface area (Å²) in [5.41, 5.74) is 2.61. The molecule has 0 saturated carbocycles. The third-order valence-corrected chi connectivity index (χ3v) is 5.86. The van der Waals surface area contributed by atoms with Crippen LogP contribution in [-0.2, 0) is 27.3 Å². The van der Waals surface area contributed by atoms with Crippen LogP contribution in [0.25, 0.3) is 0 Å². The number of hydrogen-bond donors (Lipinski definition) is 2. The van der Waals surface area contributed by atoms with Gasteiger partial charge >= 0.3 is 0 Å². The first-order valence-corrected chi connectivity index (χ1v) is 11.7. The summed E-state index contributed by atoms with van der Waals surface area (Å²) < 4.78 is 16.9. The average Bonchev–Trinajstić information content (AvgIpc) is 2.79. The summed E-state index contributed by atoms with van der Waals surface area (Å²) in [7, 11) is 1.81. The molecule has 1 aromatic carbocycles. The minimum atomic E-state index is 0.320. The van der Waals surface area contributed by atoms with Crippen LogP contribution in [0.2, 0.25) is 0 Å². The van der Waals surface area contributed by atoms with Gasteiger partial charge in [0.1, 0.15) is 0 Å². The summed E-state index contributed by atoms with van der Waals surface area (Å²) in [6.07, 6.45) is 3.54. The molecule has 174 valence electrons. The Morgan fingerprint density at radius 1 is 1.19 bits per heavy atom. The maximum Gasteiger partial charge on any atom is 0.191 e. The number of morpholine rings is 1. The van der Waals surface area contributed by atoms with E-state index in [1.54, 1.807) is 0 Å². The second-order valence-corrected chi connectivity index (χ2v) is 8.57. The van der Waals surface area contributed by atoms with Crippen LogP contribution in [0.4, 0.5) is 0 Å². The van der Waals surface area contributed by atoms with E-state index in [2.05, 4.69) is 51.7 Å². The Morgan fingerprint density at radius 2 is 2.03 bits per heavy atom. The van der Waals surface area contributed by atoms with Crippen molar-refractivity contribution in [3.8, 4) is 0 Å². The van der Waals surface area contributed by atoms with Crippen LogP contribution < -0.4 is 10.6 Å². The van der Waals surface area contributed by atoms with Crippen molar-refractivity contribution in [1.82, 2.24) is 15.5 Å². The van der Waals surface area contributed by atoms with Crippen molar-refractivity contribution < 1.29 is 14.2 Å². The zero-order valence-corrected chi connectivity index (χ0v) is 19.3. The lowest BCUT2D eigenvalue weighted by molar-refractivity contribution is -0.0212. The highest BCUT2D eigenvalue weighted by Crippen LogP contribution is 2.15. The highest BCUT2D eigenvalue weighted by atomic mass is 16.5. The SMILES string of the molecule is CN=C(NCCCOCC1CCOCC1)NCc1cccc(CN2CCOC(C)C2)c1. The van der Waals surface area contributed by atoms with Crippen LogP contribution in [0.15, 0.2) is 29.3 Å². The third kappa shape index (κ3) is 9.15. The Kier molecular flexibility index (Phi) is 10.6. The molecule has 2 fully saturated rings. The molecular formula is C24H40N4O3. The van der Waals surface area contributed by atoms with Gasteiger partial charge < -0.3 is 24.8 Å². The zero-order chi connectivity index (χ0) is 21.7. The molecule has 2 aliphatic heterocycles. The van der Waals surface area contributed by atoms with E-state index in [1.807, 2.05) is 7.05 Å². The monoisotopic (exact) mass is 432 g/mol. The van der Waals surface area contributed by atoms with Gasteiger partial charge in [0.25, 0.3) is 0 Å². The fraction of sp³-hybridized carbons (Fsp3) is 0.708. The van der Waals surface area contributed by atoms with Crippen molar-refractivity contribution in [3.63, 3.8) is 0 Å². The molecule has 0 radical (unpaired) electrons. The average molecular weight is 433 g/mol. The van der Waals surface area contributed by atoms with Gasteiger partial charge in [-0.25, -0.2) is 0 Å². The summed E-state index contributed by atoms with van der Waals surface area (Å²) in [6, 6.07) is 8.79. The van der Waals surface area contributed by atoms with Crippen molar-refractivity contribution in [2.45, 2.75) is 45.4 Å². The number of nitrogens with zero attached hydrogens (tertiary/aromatic N) is 2. The van der Waals surface area contributed by atoms with Gasteiger partial charge in [0.2, 0.25) is 0 Å². The molecule has 3 rings (SSSR count). The Labute approximate surface area is 187 Å². The van der Waals surface area contributed by atoms with Gasteiger partial charge in [-0.05, 0) is 43.2 Å².